The van der Waals surface area contributed by atoms with Crippen LogP contribution in [0.25, 0.3) is 0 Å². The van der Waals surface area contributed by atoms with Crippen molar-refractivity contribution >= 4 is 5.97 Å². The lowest BCUT2D eigenvalue weighted by Crippen LogP contribution is -2.77. The molecule has 0 unspecified atom stereocenters. The van der Waals surface area contributed by atoms with E-state index in [2.05, 4.69) is 0 Å². The Hall–Kier alpha value is -1.47. The lowest BCUT2D eigenvalue weighted by Gasteiger charge is -2.63. The summed E-state index contributed by atoms with van der Waals surface area (Å²) in [6, 6.07) is 9.84. The molecule has 7 atom stereocenters. The highest BCUT2D eigenvalue weighted by Gasteiger charge is 2.81. The summed E-state index contributed by atoms with van der Waals surface area (Å²) in [4.78, 5) is 12.1. The Labute approximate surface area is 178 Å². The van der Waals surface area contributed by atoms with Crippen LogP contribution in [0.15, 0.2) is 30.3 Å². The lowest BCUT2D eigenvalue weighted by molar-refractivity contribution is -0.319. The summed E-state index contributed by atoms with van der Waals surface area (Å²) in [6.45, 7) is 9.29. The van der Waals surface area contributed by atoms with E-state index in [0.29, 0.717) is 19.4 Å². The first-order valence-corrected chi connectivity index (χ1v) is 10.9. The van der Waals surface area contributed by atoms with E-state index in [1.807, 2.05) is 51.1 Å². The molecular formula is C24H34O6. The normalized spacial score (nSPS) is 44.4. The maximum atomic E-state index is 12.1. The van der Waals surface area contributed by atoms with Crippen LogP contribution >= 0.6 is 0 Å². The van der Waals surface area contributed by atoms with E-state index >= 15 is 0 Å². The van der Waals surface area contributed by atoms with Gasteiger partial charge in [0.2, 0.25) is 0 Å². The van der Waals surface area contributed by atoms with Crippen molar-refractivity contribution in [2.24, 2.45) is 11.3 Å². The Bertz CT molecular complexity index is 805. The monoisotopic (exact) mass is 418 g/mol. The van der Waals surface area contributed by atoms with Gasteiger partial charge in [0.05, 0.1) is 29.8 Å². The zero-order valence-electron chi connectivity index (χ0n) is 18.6. The maximum absolute atomic E-state index is 12.1. The second-order valence-corrected chi connectivity index (χ2v) is 10.2. The average molecular weight is 419 g/mol. The summed E-state index contributed by atoms with van der Waals surface area (Å²) in [5.41, 5.74) is -2.97. The van der Waals surface area contributed by atoms with E-state index in [9.17, 15) is 15.0 Å². The van der Waals surface area contributed by atoms with Gasteiger partial charge in [0.15, 0.2) is 0 Å². The summed E-state index contributed by atoms with van der Waals surface area (Å²) in [5.74, 6) is -0.929. The molecule has 1 saturated heterocycles. The van der Waals surface area contributed by atoms with Crippen LogP contribution in [0.3, 0.4) is 0 Å². The van der Waals surface area contributed by atoms with Crippen molar-refractivity contribution in [2.75, 3.05) is 0 Å². The third kappa shape index (κ3) is 2.88. The van der Waals surface area contributed by atoms with Crippen LogP contribution in [0.5, 0.6) is 0 Å². The molecule has 0 aromatic heterocycles. The topological polar surface area (TPSA) is 85.2 Å². The third-order valence-corrected chi connectivity index (χ3v) is 7.85. The van der Waals surface area contributed by atoms with Crippen molar-refractivity contribution in [3.05, 3.63) is 35.9 Å². The highest BCUT2D eigenvalue weighted by molar-refractivity contribution is 5.66. The lowest BCUT2D eigenvalue weighted by atomic mass is 9.48. The van der Waals surface area contributed by atoms with Gasteiger partial charge >= 0.3 is 5.97 Å². The Morgan fingerprint density at radius 3 is 2.47 bits per heavy atom. The molecule has 1 aromatic rings. The number of hydrogen-bond acceptors (Lipinski definition) is 6. The molecule has 2 N–H and O–H groups in total. The van der Waals surface area contributed by atoms with E-state index in [4.69, 9.17) is 14.2 Å². The van der Waals surface area contributed by atoms with E-state index in [0.717, 1.165) is 12.0 Å². The Balaban J connectivity index is 1.82. The molecule has 6 heteroatoms. The molecule has 6 nitrogen and oxygen atoms in total. The predicted octanol–water partition coefficient (Wildman–Crippen LogP) is 2.98. The fourth-order valence-corrected chi connectivity index (χ4v) is 6.69. The van der Waals surface area contributed by atoms with Crippen molar-refractivity contribution in [1.82, 2.24) is 0 Å². The molecule has 1 heterocycles. The molecule has 0 radical (unpaired) electrons. The van der Waals surface area contributed by atoms with Crippen LogP contribution in [-0.2, 0) is 25.6 Å². The van der Waals surface area contributed by atoms with Crippen LogP contribution in [-0.4, -0.2) is 51.3 Å². The predicted molar refractivity (Wildman–Crippen MR) is 111 cm³/mol. The molecule has 2 bridgehead atoms. The van der Waals surface area contributed by atoms with Crippen molar-refractivity contribution < 1.29 is 29.2 Å². The van der Waals surface area contributed by atoms with Gasteiger partial charge in [0.25, 0.3) is 0 Å². The van der Waals surface area contributed by atoms with Gasteiger partial charge in [0, 0.05) is 12.3 Å². The number of carbonyl (C=O) groups is 1. The number of rotatable bonds is 4. The van der Waals surface area contributed by atoms with Gasteiger partial charge in [-0.1, -0.05) is 37.3 Å². The van der Waals surface area contributed by atoms with E-state index in [1.54, 1.807) is 6.92 Å². The molecule has 1 spiro atoms. The van der Waals surface area contributed by atoms with E-state index < -0.39 is 52.4 Å². The first-order valence-electron chi connectivity index (χ1n) is 10.9. The molecule has 166 valence electrons. The minimum Gasteiger partial charge on any atom is -0.459 e. The third-order valence-electron chi connectivity index (χ3n) is 7.85. The number of aliphatic hydroxyl groups excluding tert-OH is 1. The van der Waals surface area contributed by atoms with Crippen molar-refractivity contribution in [1.29, 1.82) is 0 Å². The van der Waals surface area contributed by atoms with Gasteiger partial charge in [0.1, 0.15) is 17.8 Å². The minimum atomic E-state index is -1.24. The number of esters is 1. The van der Waals surface area contributed by atoms with Gasteiger partial charge in [-0.05, 0) is 45.6 Å². The zero-order chi connectivity index (χ0) is 21.9. The standard InChI is InChI=1S/C24H34O6/c1-15(25)29-18-17-19(26)24(30-21(17,2)3)22(4,12-9-13-23(24,5)27)20(18)28-14-16-10-7-6-8-11-16/h6-8,10-11,17-20,26-27H,9,12-14H2,1-5H3/t17-,18+,19-,20+,22+,23+,24-/m1/s1. The molecule has 3 aliphatic rings. The largest absolute Gasteiger partial charge is 0.459 e. The van der Waals surface area contributed by atoms with Crippen molar-refractivity contribution in [3.63, 3.8) is 0 Å². The average Bonchev–Trinajstić information content (AvgIpc) is 2.83. The molecule has 2 aliphatic carbocycles. The van der Waals surface area contributed by atoms with Crippen LogP contribution < -0.4 is 0 Å². The molecule has 2 saturated carbocycles. The summed E-state index contributed by atoms with van der Waals surface area (Å²) < 4.78 is 18.9. The zero-order valence-corrected chi connectivity index (χ0v) is 18.6. The van der Waals surface area contributed by atoms with Gasteiger partial charge in [-0.2, -0.15) is 0 Å². The van der Waals surface area contributed by atoms with E-state index in [-0.39, 0.29) is 0 Å². The number of ether oxygens (including phenoxy) is 3. The molecule has 3 fully saturated rings. The summed E-state index contributed by atoms with van der Waals surface area (Å²) in [5, 5.41) is 23.1. The van der Waals surface area contributed by atoms with E-state index in [1.165, 1.54) is 6.92 Å². The van der Waals surface area contributed by atoms with Crippen LogP contribution in [0.2, 0.25) is 0 Å². The van der Waals surface area contributed by atoms with Gasteiger partial charge in [-0.25, -0.2) is 0 Å². The first-order chi connectivity index (χ1) is 14.0. The molecule has 1 aromatic carbocycles. The SMILES string of the molecule is CC(=O)O[C@H]1[C@@H]2[C@@H](O)[C@]3(OC2(C)C)[C@@](C)(O)CCC[C@@]3(C)[C@H]1OCc1ccccc1. The smallest absolute Gasteiger partial charge is 0.303 e. The quantitative estimate of drug-likeness (QED) is 0.732. The first kappa shape index (κ1) is 21.8. The molecule has 0 amide bonds. The molecular weight excluding hydrogens is 384 g/mol. The number of fused-ring (bicyclic) bond motifs is 1. The second-order valence-electron chi connectivity index (χ2n) is 10.2. The number of benzene rings is 1. The molecule has 4 rings (SSSR count). The number of hydrogen-bond donors (Lipinski definition) is 2. The molecule has 1 aliphatic heterocycles. The van der Waals surface area contributed by atoms with Gasteiger partial charge in [-0.15, -0.1) is 0 Å². The van der Waals surface area contributed by atoms with Crippen molar-refractivity contribution in [3.8, 4) is 0 Å². The highest BCUT2D eigenvalue weighted by Crippen LogP contribution is 2.67. The number of carbonyl (C=O) groups excluding carboxylic acids is 1. The molecule has 30 heavy (non-hydrogen) atoms. The maximum Gasteiger partial charge on any atom is 0.303 e. The summed E-state index contributed by atoms with van der Waals surface area (Å²) in [7, 11) is 0. The van der Waals surface area contributed by atoms with Crippen LogP contribution in [0, 0.1) is 11.3 Å². The fourth-order valence-electron chi connectivity index (χ4n) is 6.69. The minimum absolute atomic E-state index is 0.348. The summed E-state index contributed by atoms with van der Waals surface area (Å²) >= 11 is 0. The van der Waals surface area contributed by atoms with Crippen LogP contribution in [0.1, 0.15) is 59.4 Å². The van der Waals surface area contributed by atoms with Crippen LogP contribution in [0.4, 0.5) is 0 Å². The van der Waals surface area contributed by atoms with Crippen molar-refractivity contribution in [2.45, 2.75) is 95.6 Å². The Morgan fingerprint density at radius 2 is 1.83 bits per heavy atom. The fraction of sp³-hybridized carbons (Fsp3) is 0.708. The van der Waals surface area contributed by atoms with Gasteiger partial charge < -0.3 is 24.4 Å². The Morgan fingerprint density at radius 1 is 1.17 bits per heavy atom. The Kier molecular flexibility index (Phi) is 5.09. The highest BCUT2D eigenvalue weighted by atomic mass is 16.6. The number of aliphatic hydroxyl groups is 2. The second kappa shape index (κ2) is 7.02. The summed E-state index contributed by atoms with van der Waals surface area (Å²) in [6.07, 6.45) is -0.181. The van der Waals surface area contributed by atoms with Gasteiger partial charge in [-0.3, -0.25) is 4.79 Å².